The topological polar surface area (TPSA) is 116 Å². The Hall–Kier alpha value is -2.74. The molecule has 25 heavy (non-hydrogen) atoms. The molecule has 8 heteroatoms. The smallest absolute Gasteiger partial charge is 0.262 e. The molecule has 2 atom stereocenters. The molecule has 0 bridgehead atoms. The Kier molecular flexibility index (Phi) is 4.54. The number of hydrogen-bond donors (Lipinski definition) is 3. The number of amides is 4. The summed E-state index contributed by atoms with van der Waals surface area (Å²) in [6, 6.07) is 4.08. The highest BCUT2D eigenvalue weighted by Crippen LogP contribution is 2.30. The van der Waals surface area contributed by atoms with Gasteiger partial charge in [-0.3, -0.25) is 24.1 Å². The molecule has 0 aromatic heterocycles. The molecule has 1 aromatic rings. The van der Waals surface area contributed by atoms with Gasteiger partial charge in [0.15, 0.2) is 0 Å². The quantitative estimate of drug-likeness (QED) is 0.660. The van der Waals surface area contributed by atoms with Crippen molar-refractivity contribution in [2.24, 2.45) is 0 Å². The fourth-order valence-electron chi connectivity index (χ4n) is 3.18. The first kappa shape index (κ1) is 17.1. The normalized spacial score (nSPS) is 22.6. The molecule has 3 rings (SSSR count). The summed E-state index contributed by atoms with van der Waals surface area (Å²) in [4.78, 5) is 49.3. The molecule has 4 amide bonds. The zero-order chi connectivity index (χ0) is 18.1. The number of aliphatic hydroxyl groups is 1. The largest absolute Gasteiger partial charge is 0.372 e. The molecule has 1 fully saturated rings. The number of benzene rings is 1. The van der Waals surface area contributed by atoms with E-state index < -0.39 is 24.1 Å². The van der Waals surface area contributed by atoms with Crippen LogP contribution < -0.4 is 10.6 Å². The molecule has 0 spiro atoms. The second-order valence-corrected chi connectivity index (χ2v) is 6.07. The van der Waals surface area contributed by atoms with Crippen LogP contribution in [0.15, 0.2) is 18.2 Å². The van der Waals surface area contributed by atoms with E-state index in [0.717, 1.165) is 4.90 Å². The SMILES string of the molecule is CCC(=O)NCc1cccc2c1C(=O)N(C1CCC(=O)NC1O)C2=O. The van der Waals surface area contributed by atoms with Gasteiger partial charge < -0.3 is 15.7 Å². The number of nitrogens with one attached hydrogen (secondary N) is 2. The van der Waals surface area contributed by atoms with Crippen molar-refractivity contribution in [2.45, 2.75) is 45.0 Å². The predicted octanol–water partition coefficient (Wildman–Crippen LogP) is -0.0942. The highest BCUT2D eigenvalue weighted by Gasteiger charge is 2.45. The van der Waals surface area contributed by atoms with Crippen LogP contribution in [0.25, 0.3) is 0 Å². The zero-order valence-corrected chi connectivity index (χ0v) is 13.7. The lowest BCUT2D eigenvalue weighted by Gasteiger charge is -2.33. The Morgan fingerprint density at radius 1 is 1.32 bits per heavy atom. The van der Waals surface area contributed by atoms with Gasteiger partial charge in [0.2, 0.25) is 11.8 Å². The third-order valence-electron chi connectivity index (χ3n) is 4.50. The number of rotatable bonds is 4. The van der Waals surface area contributed by atoms with Crippen LogP contribution in [0.4, 0.5) is 0 Å². The number of imide groups is 1. The van der Waals surface area contributed by atoms with Crippen molar-refractivity contribution >= 4 is 23.6 Å². The third-order valence-corrected chi connectivity index (χ3v) is 4.50. The van der Waals surface area contributed by atoms with Gasteiger partial charge in [-0.2, -0.15) is 0 Å². The van der Waals surface area contributed by atoms with Gasteiger partial charge in [0, 0.05) is 19.4 Å². The van der Waals surface area contributed by atoms with Crippen LogP contribution in [0.2, 0.25) is 0 Å². The van der Waals surface area contributed by atoms with E-state index in [1.54, 1.807) is 25.1 Å². The highest BCUT2D eigenvalue weighted by molar-refractivity contribution is 6.22. The molecule has 2 heterocycles. The van der Waals surface area contributed by atoms with E-state index in [4.69, 9.17) is 0 Å². The third kappa shape index (κ3) is 3.00. The molecular weight excluding hydrogens is 326 g/mol. The predicted molar refractivity (Wildman–Crippen MR) is 86.3 cm³/mol. The lowest BCUT2D eigenvalue weighted by Crippen LogP contribution is -2.57. The van der Waals surface area contributed by atoms with Crippen molar-refractivity contribution in [2.75, 3.05) is 0 Å². The van der Waals surface area contributed by atoms with E-state index in [-0.39, 0.29) is 42.3 Å². The molecule has 1 aromatic carbocycles. The average molecular weight is 345 g/mol. The Morgan fingerprint density at radius 2 is 2.08 bits per heavy atom. The van der Waals surface area contributed by atoms with Crippen LogP contribution in [0, 0.1) is 0 Å². The zero-order valence-electron chi connectivity index (χ0n) is 13.7. The van der Waals surface area contributed by atoms with Gasteiger partial charge in [-0.1, -0.05) is 19.1 Å². The van der Waals surface area contributed by atoms with Crippen LogP contribution in [-0.4, -0.2) is 45.9 Å². The summed E-state index contributed by atoms with van der Waals surface area (Å²) in [6.07, 6.45) is -0.622. The Balaban J connectivity index is 1.89. The van der Waals surface area contributed by atoms with E-state index in [1.807, 2.05) is 0 Å². The van der Waals surface area contributed by atoms with Crippen molar-refractivity contribution in [3.05, 3.63) is 34.9 Å². The fourth-order valence-corrected chi connectivity index (χ4v) is 3.18. The maximum atomic E-state index is 12.8. The van der Waals surface area contributed by atoms with Gasteiger partial charge >= 0.3 is 0 Å². The number of fused-ring (bicyclic) bond motifs is 1. The summed E-state index contributed by atoms with van der Waals surface area (Å²) in [6.45, 7) is 1.87. The molecule has 132 valence electrons. The second kappa shape index (κ2) is 6.64. The fraction of sp³-hybridized carbons (Fsp3) is 0.412. The monoisotopic (exact) mass is 345 g/mol. The summed E-state index contributed by atoms with van der Waals surface area (Å²) < 4.78 is 0. The van der Waals surface area contributed by atoms with Crippen molar-refractivity contribution in [1.29, 1.82) is 0 Å². The van der Waals surface area contributed by atoms with Gasteiger partial charge in [-0.05, 0) is 18.1 Å². The van der Waals surface area contributed by atoms with E-state index >= 15 is 0 Å². The second-order valence-electron chi connectivity index (χ2n) is 6.07. The molecule has 3 N–H and O–H groups in total. The number of aliphatic hydroxyl groups excluding tert-OH is 1. The molecular formula is C17H19N3O5. The van der Waals surface area contributed by atoms with Gasteiger partial charge in [-0.15, -0.1) is 0 Å². The first-order valence-corrected chi connectivity index (χ1v) is 8.18. The van der Waals surface area contributed by atoms with E-state index in [0.29, 0.717) is 12.0 Å². The lowest BCUT2D eigenvalue weighted by molar-refractivity contribution is -0.129. The van der Waals surface area contributed by atoms with E-state index in [1.165, 1.54) is 0 Å². The first-order chi connectivity index (χ1) is 11.9. The Labute approximate surface area is 144 Å². The highest BCUT2D eigenvalue weighted by atomic mass is 16.3. The van der Waals surface area contributed by atoms with Crippen molar-refractivity contribution in [3.63, 3.8) is 0 Å². The molecule has 2 aliphatic heterocycles. The van der Waals surface area contributed by atoms with Crippen molar-refractivity contribution in [1.82, 2.24) is 15.5 Å². The molecule has 2 aliphatic rings. The van der Waals surface area contributed by atoms with Gasteiger partial charge in [-0.25, -0.2) is 0 Å². The van der Waals surface area contributed by atoms with Gasteiger partial charge in [0.25, 0.3) is 11.8 Å². The molecule has 0 saturated carbocycles. The summed E-state index contributed by atoms with van der Waals surface area (Å²) >= 11 is 0. The minimum Gasteiger partial charge on any atom is -0.372 e. The molecule has 0 radical (unpaired) electrons. The molecule has 0 aliphatic carbocycles. The Bertz CT molecular complexity index is 761. The standard InChI is InChI=1S/C17H19N3O5/c1-2-12(21)18-8-9-4-3-5-10-14(9)17(25)20(16(10)24)11-6-7-13(22)19-15(11)23/h3-5,11,15,23H,2,6-8H2,1H3,(H,18,21)(H,19,22). The number of carbonyl (C=O) groups is 4. The molecule has 8 nitrogen and oxygen atoms in total. The number of carbonyl (C=O) groups excluding carboxylic acids is 4. The van der Waals surface area contributed by atoms with Crippen LogP contribution in [0.1, 0.15) is 52.5 Å². The van der Waals surface area contributed by atoms with Crippen molar-refractivity contribution < 1.29 is 24.3 Å². The van der Waals surface area contributed by atoms with E-state index in [9.17, 15) is 24.3 Å². The minimum absolute atomic E-state index is 0.133. The first-order valence-electron chi connectivity index (χ1n) is 8.18. The number of piperidine rings is 1. The number of hydrogen-bond acceptors (Lipinski definition) is 5. The molecule has 2 unspecified atom stereocenters. The van der Waals surface area contributed by atoms with Crippen molar-refractivity contribution in [3.8, 4) is 0 Å². The summed E-state index contributed by atoms with van der Waals surface area (Å²) in [5, 5.41) is 15.1. The van der Waals surface area contributed by atoms with Crippen LogP contribution in [-0.2, 0) is 16.1 Å². The molecule has 1 saturated heterocycles. The lowest BCUT2D eigenvalue weighted by atomic mass is 10.0. The minimum atomic E-state index is -1.29. The van der Waals surface area contributed by atoms with Crippen LogP contribution in [0.3, 0.4) is 0 Å². The maximum absolute atomic E-state index is 12.8. The summed E-state index contributed by atoms with van der Waals surface area (Å²) in [7, 11) is 0. The summed E-state index contributed by atoms with van der Waals surface area (Å²) in [5.74, 6) is -1.48. The van der Waals surface area contributed by atoms with Crippen LogP contribution in [0.5, 0.6) is 0 Å². The van der Waals surface area contributed by atoms with E-state index in [2.05, 4.69) is 10.6 Å². The Morgan fingerprint density at radius 3 is 2.76 bits per heavy atom. The average Bonchev–Trinajstić information content (AvgIpc) is 2.85. The number of nitrogens with zero attached hydrogens (tertiary/aromatic N) is 1. The maximum Gasteiger partial charge on any atom is 0.262 e. The van der Waals surface area contributed by atoms with Gasteiger partial charge in [0.1, 0.15) is 6.23 Å². The van der Waals surface area contributed by atoms with Crippen LogP contribution >= 0.6 is 0 Å². The van der Waals surface area contributed by atoms with Gasteiger partial charge in [0.05, 0.1) is 17.2 Å². The summed E-state index contributed by atoms with van der Waals surface area (Å²) in [5.41, 5.74) is 1.04.